The molecule has 1 N–H and O–H groups in total. The van der Waals surface area contributed by atoms with Gasteiger partial charge < -0.3 is 9.88 Å². The Labute approximate surface area is 160 Å². The first kappa shape index (κ1) is 17.4. The predicted octanol–water partition coefficient (Wildman–Crippen LogP) is 1.26. The molecule has 4 rings (SSSR count). The number of imidazole rings is 1. The highest BCUT2D eigenvalue weighted by Crippen LogP contribution is 2.28. The summed E-state index contributed by atoms with van der Waals surface area (Å²) in [6, 6.07) is 3.90. The van der Waals surface area contributed by atoms with Crippen LogP contribution in [0.4, 0.5) is 5.13 Å². The first-order valence-corrected chi connectivity index (χ1v) is 9.61. The quantitative estimate of drug-likeness (QED) is 0.553. The molecule has 4 aromatic heterocycles. The van der Waals surface area contributed by atoms with Gasteiger partial charge in [-0.25, -0.2) is 14.8 Å². The highest BCUT2D eigenvalue weighted by molar-refractivity contribution is 7.16. The van der Waals surface area contributed by atoms with Crippen molar-refractivity contribution < 1.29 is 4.79 Å². The second-order valence-corrected chi connectivity index (χ2v) is 7.62. The first-order chi connectivity index (χ1) is 13.0. The van der Waals surface area contributed by atoms with Crippen molar-refractivity contribution in [3.63, 3.8) is 0 Å². The minimum Gasteiger partial charge on any atom is -0.315 e. The van der Waals surface area contributed by atoms with E-state index >= 15 is 0 Å². The molecule has 138 valence electrons. The molecule has 9 nitrogen and oxygen atoms in total. The number of nitrogens with one attached hydrogen (secondary N) is 1. The van der Waals surface area contributed by atoms with Crippen molar-refractivity contribution in [1.29, 1.82) is 0 Å². The van der Waals surface area contributed by atoms with E-state index in [2.05, 4.69) is 15.3 Å². The average Bonchev–Trinajstić information content (AvgIpc) is 3.38. The number of anilines is 1. The van der Waals surface area contributed by atoms with Gasteiger partial charge >= 0.3 is 5.69 Å². The van der Waals surface area contributed by atoms with Crippen LogP contribution in [0.2, 0.25) is 0 Å². The number of amides is 1. The summed E-state index contributed by atoms with van der Waals surface area (Å²) >= 11 is 2.90. The lowest BCUT2D eigenvalue weighted by Crippen LogP contribution is -2.37. The van der Waals surface area contributed by atoms with Crippen LogP contribution >= 0.6 is 22.7 Å². The number of carbonyl (C=O) groups excluding carboxylic acids is 1. The number of aromatic nitrogens is 5. The summed E-state index contributed by atoms with van der Waals surface area (Å²) in [6.07, 6.45) is 1.38. The molecule has 1 amide bonds. The summed E-state index contributed by atoms with van der Waals surface area (Å²) in [6.45, 7) is -0.113. The van der Waals surface area contributed by atoms with Gasteiger partial charge in [-0.05, 0) is 11.4 Å². The third-order valence-electron chi connectivity index (χ3n) is 4.06. The van der Waals surface area contributed by atoms with E-state index < -0.39 is 11.2 Å². The molecule has 0 aliphatic rings. The molecular formula is C16H14N6O3S2. The monoisotopic (exact) mass is 402 g/mol. The number of aryl methyl sites for hydroxylation is 1. The van der Waals surface area contributed by atoms with E-state index in [9.17, 15) is 14.4 Å². The van der Waals surface area contributed by atoms with Crippen LogP contribution in [0.5, 0.6) is 0 Å². The molecule has 4 heterocycles. The van der Waals surface area contributed by atoms with Crippen LogP contribution in [0.3, 0.4) is 0 Å². The third kappa shape index (κ3) is 3.00. The molecule has 0 unspecified atom stereocenters. The number of nitrogens with zero attached hydrogens (tertiary/aromatic N) is 5. The first-order valence-electron chi connectivity index (χ1n) is 7.86. The van der Waals surface area contributed by atoms with E-state index in [4.69, 9.17) is 0 Å². The lowest BCUT2D eigenvalue weighted by Gasteiger charge is -2.06. The molecule has 0 bridgehead atoms. The van der Waals surface area contributed by atoms with Crippen LogP contribution in [0.1, 0.15) is 0 Å². The Morgan fingerprint density at radius 3 is 2.78 bits per heavy atom. The Kier molecular flexibility index (Phi) is 4.24. The second kappa shape index (κ2) is 6.59. The fourth-order valence-electron chi connectivity index (χ4n) is 2.70. The average molecular weight is 402 g/mol. The Morgan fingerprint density at radius 1 is 1.22 bits per heavy atom. The number of thiophene rings is 1. The van der Waals surface area contributed by atoms with Gasteiger partial charge in [0.15, 0.2) is 16.3 Å². The van der Waals surface area contributed by atoms with Crippen molar-refractivity contribution in [2.75, 3.05) is 5.32 Å². The predicted molar refractivity (Wildman–Crippen MR) is 104 cm³/mol. The number of fused-ring (bicyclic) bond motifs is 1. The van der Waals surface area contributed by atoms with Crippen molar-refractivity contribution >= 4 is 44.9 Å². The summed E-state index contributed by atoms with van der Waals surface area (Å²) in [5.41, 5.74) is 0.291. The highest BCUT2D eigenvalue weighted by Gasteiger charge is 2.16. The second-order valence-electron chi connectivity index (χ2n) is 5.81. The zero-order valence-corrected chi connectivity index (χ0v) is 16.0. The van der Waals surface area contributed by atoms with E-state index in [-0.39, 0.29) is 23.6 Å². The summed E-state index contributed by atoms with van der Waals surface area (Å²) in [7, 11) is 2.92. The molecule has 11 heteroatoms. The highest BCUT2D eigenvalue weighted by atomic mass is 32.1. The number of hydrogen-bond acceptors (Lipinski definition) is 7. The minimum atomic E-state index is -0.493. The van der Waals surface area contributed by atoms with Crippen LogP contribution in [0.25, 0.3) is 21.7 Å². The largest absolute Gasteiger partial charge is 0.332 e. The maximum absolute atomic E-state index is 12.4. The molecule has 0 saturated heterocycles. The zero-order valence-electron chi connectivity index (χ0n) is 14.4. The van der Waals surface area contributed by atoms with Crippen molar-refractivity contribution in [1.82, 2.24) is 23.7 Å². The lowest BCUT2D eigenvalue weighted by molar-refractivity contribution is -0.116. The van der Waals surface area contributed by atoms with Gasteiger partial charge in [0.2, 0.25) is 5.91 Å². The standard InChI is InChI=1S/C16H14N6O3S2/c1-20-13-12(14(24)21(2)16(20)25)22(8-17-13)6-11(23)19-15-18-9(7-27-15)10-4-3-5-26-10/h3-5,7-8H,6H2,1-2H3,(H,18,19,23). The van der Waals surface area contributed by atoms with Gasteiger partial charge in [0, 0.05) is 19.5 Å². The Morgan fingerprint density at radius 2 is 2.04 bits per heavy atom. The summed E-state index contributed by atoms with van der Waals surface area (Å²) in [5.74, 6) is -0.336. The maximum atomic E-state index is 12.4. The smallest absolute Gasteiger partial charge is 0.315 e. The third-order valence-corrected chi connectivity index (χ3v) is 5.71. The molecule has 0 radical (unpaired) electrons. The minimum absolute atomic E-state index is 0.113. The van der Waals surface area contributed by atoms with Crippen molar-refractivity contribution in [2.24, 2.45) is 14.1 Å². The fraction of sp³-hybridized carbons (Fsp3) is 0.188. The maximum Gasteiger partial charge on any atom is 0.332 e. The SMILES string of the molecule is Cn1c(=O)c2c(ncn2CC(=O)Nc2nc(-c3cccs3)cs2)n(C)c1=O. The molecule has 0 atom stereocenters. The molecule has 0 saturated carbocycles. The zero-order chi connectivity index (χ0) is 19.1. The van der Waals surface area contributed by atoms with Crippen LogP contribution < -0.4 is 16.6 Å². The molecule has 4 aromatic rings. The number of carbonyl (C=O) groups is 1. The van der Waals surface area contributed by atoms with Crippen LogP contribution in [-0.2, 0) is 25.4 Å². The van der Waals surface area contributed by atoms with Gasteiger partial charge in [-0.15, -0.1) is 22.7 Å². The normalized spacial score (nSPS) is 11.2. The molecule has 0 aliphatic heterocycles. The molecule has 27 heavy (non-hydrogen) atoms. The molecule has 0 aliphatic carbocycles. The molecule has 0 spiro atoms. The van der Waals surface area contributed by atoms with Gasteiger partial charge in [-0.2, -0.15) is 0 Å². The van der Waals surface area contributed by atoms with E-state index in [1.54, 1.807) is 11.3 Å². The lowest BCUT2D eigenvalue weighted by atomic mass is 10.4. The van der Waals surface area contributed by atoms with Crippen LogP contribution in [0, 0.1) is 0 Å². The Balaban J connectivity index is 1.59. The van der Waals surface area contributed by atoms with E-state index in [0.29, 0.717) is 5.13 Å². The van der Waals surface area contributed by atoms with E-state index in [0.717, 1.165) is 15.1 Å². The van der Waals surface area contributed by atoms with Gasteiger partial charge in [0.05, 0.1) is 16.9 Å². The van der Waals surface area contributed by atoms with Crippen molar-refractivity contribution in [3.05, 3.63) is 50.1 Å². The van der Waals surface area contributed by atoms with Gasteiger partial charge in [-0.3, -0.25) is 18.7 Å². The van der Waals surface area contributed by atoms with Crippen LogP contribution in [0.15, 0.2) is 38.8 Å². The van der Waals surface area contributed by atoms with Gasteiger partial charge in [-0.1, -0.05) is 6.07 Å². The molecular weight excluding hydrogens is 388 g/mol. The van der Waals surface area contributed by atoms with Crippen molar-refractivity contribution in [2.45, 2.75) is 6.54 Å². The van der Waals surface area contributed by atoms with E-state index in [1.807, 2.05) is 22.9 Å². The summed E-state index contributed by atoms with van der Waals surface area (Å²) < 4.78 is 3.70. The number of hydrogen-bond donors (Lipinski definition) is 1. The Hall–Kier alpha value is -3.05. The van der Waals surface area contributed by atoms with Crippen molar-refractivity contribution in [3.8, 4) is 10.6 Å². The summed E-state index contributed by atoms with van der Waals surface area (Å²) in [4.78, 5) is 46.3. The van der Waals surface area contributed by atoms with Gasteiger partial charge in [0.25, 0.3) is 5.56 Å². The van der Waals surface area contributed by atoms with Crippen LogP contribution in [-0.4, -0.2) is 29.6 Å². The van der Waals surface area contributed by atoms with E-state index in [1.165, 1.54) is 40.9 Å². The fourth-order valence-corrected chi connectivity index (χ4v) is 4.19. The Bertz CT molecular complexity index is 1260. The number of rotatable bonds is 4. The molecule has 0 aromatic carbocycles. The molecule has 0 fully saturated rings. The number of thiazole rings is 1. The summed E-state index contributed by atoms with van der Waals surface area (Å²) in [5, 5.41) is 7.05. The van der Waals surface area contributed by atoms with Gasteiger partial charge in [0.1, 0.15) is 6.54 Å². The topological polar surface area (TPSA) is 104 Å².